The van der Waals surface area contributed by atoms with Crippen molar-refractivity contribution in [2.45, 2.75) is 12.5 Å². The minimum atomic E-state index is -0.418. The molecule has 1 N–H and O–H groups in total. The largest absolute Gasteiger partial charge is 0.391 e. The number of hydrogen-bond donors (Lipinski definition) is 1. The molecule has 2 aromatic heterocycles. The number of carbonyl (C=O) groups excluding carboxylic acids is 1. The third-order valence-corrected chi connectivity index (χ3v) is 5.27. The third kappa shape index (κ3) is 4.09. The standard InChI is InChI=1S/C20H24N4O3/c25-18-14-24(13-17(18)11-15-1-4-21-5-2-15)19-12-16(3-6-22-19)20(26)23-7-9-27-10-8-23/h1-6,12,17-18,25H,7-11,13-14H2/t17-,18+/m1/s1. The SMILES string of the molecule is O=C(c1ccnc(N2C[C@@H](Cc3ccncc3)[C@@H](O)C2)c1)N1CCOCC1. The second-order valence-electron chi connectivity index (χ2n) is 7.10. The van der Waals surface area contributed by atoms with Gasteiger partial charge in [0.1, 0.15) is 5.82 Å². The normalized spacial score (nSPS) is 22.9. The summed E-state index contributed by atoms with van der Waals surface area (Å²) in [5.41, 5.74) is 1.80. The number of aromatic nitrogens is 2. The van der Waals surface area contributed by atoms with E-state index >= 15 is 0 Å². The van der Waals surface area contributed by atoms with Crippen LogP contribution in [0.3, 0.4) is 0 Å². The molecule has 0 spiro atoms. The Morgan fingerprint density at radius 3 is 2.70 bits per heavy atom. The maximum Gasteiger partial charge on any atom is 0.254 e. The zero-order valence-electron chi connectivity index (χ0n) is 15.2. The number of rotatable bonds is 4. The molecule has 27 heavy (non-hydrogen) atoms. The Kier molecular flexibility index (Phi) is 5.31. The van der Waals surface area contributed by atoms with Gasteiger partial charge in [-0.25, -0.2) is 4.98 Å². The van der Waals surface area contributed by atoms with Crippen LogP contribution in [-0.4, -0.2) is 71.4 Å². The third-order valence-electron chi connectivity index (χ3n) is 5.27. The molecular weight excluding hydrogens is 344 g/mol. The summed E-state index contributed by atoms with van der Waals surface area (Å²) in [7, 11) is 0. The van der Waals surface area contributed by atoms with Crippen LogP contribution in [0, 0.1) is 5.92 Å². The number of pyridine rings is 2. The van der Waals surface area contributed by atoms with E-state index in [2.05, 4.69) is 14.9 Å². The zero-order valence-corrected chi connectivity index (χ0v) is 15.2. The minimum Gasteiger partial charge on any atom is -0.391 e. The molecule has 0 aliphatic carbocycles. The van der Waals surface area contributed by atoms with Crippen molar-refractivity contribution in [1.29, 1.82) is 0 Å². The van der Waals surface area contributed by atoms with Crippen molar-refractivity contribution in [2.24, 2.45) is 5.92 Å². The topological polar surface area (TPSA) is 78.8 Å². The van der Waals surface area contributed by atoms with Crippen LogP contribution in [0.4, 0.5) is 5.82 Å². The predicted octanol–water partition coefficient (Wildman–Crippen LogP) is 0.989. The number of nitrogens with zero attached hydrogens (tertiary/aromatic N) is 4. The van der Waals surface area contributed by atoms with Gasteiger partial charge in [-0.2, -0.15) is 0 Å². The Balaban J connectivity index is 1.45. The molecule has 2 aliphatic heterocycles. The first-order valence-corrected chi connectivity index (χ1v) is 9.36. The number of hydrogen-bond acceptors (Lipinski definition) is 6. The highest BCUT2D eigenvalue weighted by molar-refractivity contribution is 5.95. The summed E-state index contributed by atoms with van der Waals surface area (Å²) in [4.78, 5) is 25.1. The number of aliphatic hydroxyl groups excluding tert-OH is 1. The van der Waals surface area contributed by atoms with Crippen LogP contribution in [0.1, 0.15) is 15.9 Å². The van der Waals surface area contributed by atoms with Crippen molar-refractivity contribution < 1.29 is 14.6 Å². The van der Waals surface area contributed by atoms with E-state index in [-0.39, 0.29) is 11.8 Å². The fourth-order valence-corrected chi connectivity index (χ4v) is 3.74. The fraction of sp³-hybridized carbons (Fsp3) is 0.450. The Labute approximate surface area is 158 Å². The van der Waals surface area contributed by atoms with Gasteiger partial charge < -0.3 is 19.6 Å². The lowest BCUT2D eigenvalue weighted by atomic mass is 9.97. The Morgan fingerprint density at radius 2 is 1.93 bits per heavy atom. The lowest BCUT2D eigenvalue weighted by molar-refractivity contribution is 0.0303. The quantitative estimate of drug-likeness (QED) is 0.867. The molecule has 0 bridgehead atoms. The number of amides is 1. The maximum absolute atomic E-state index is 12.7. The maximum atomic E-state index is 12.7. The van der Waals surface area contributed by atoms with Crippen molar-refractivity contribution in [3.05, 3.63) is 54.0 Å². The number of anilines is 1. The van der Waals surface area contributed by atoms with E-state index in [9.17, 15) is 9.90 Å². The summed E-state index contributed by atoms with van der Waals surface area (Å²) < 4.78 is 5.32. The predicted molar refractivity (Wildman–Crippen MR) is 101 cm³/mol. The summed E-state index contributed by atoms with van der Waals surface area (Å²) in [6.45, 7) is 3.64. The molecule has 2 saturated heterocycles. The smallest absolute Gasteiger partial charge is 0.254 e. The molecule has 7 nitrogen and oxygen atoms in total. The lowest BCUT2D eigenvalue weighted by Crippen LogP contribution is -2.40. The second kappa shape index (κ2) is 8.02. The highest BCUT2D eigenvalue weighted by atomic mass is 16.5. The molecule has 0 saturated carbocycles. The monoisotopic (exact) mass is 368 g/mol. The van der Waals surface area contributed by atoms with Gasteiger partial charge in [0.25, 0.3) is 5.91 Å². The van der Waals surface area contributed by atoms with E-state index in [1.54, 1.807) is 24.7 Å². The van der Waals surface area contributed by atoms with Gasteiger partial charge in [0.05, 0.1) is 19.3 Å². The van der Waals surface area contributed by atoms with Gasteiger partial charge in [-0.15, -0.1) is 0 Å². The average molecular weight is 368 g/mol. The molecule has 2 aliphatic rings. The molecule has 4 heterocycles. The van der Waals surface area contributed by atoms with Crippen molar-refractivity contribution in [1.82, 2.24) is 14.9 Å². The van der Waals surface area contributed by atoms with Crippen molar-refractivity contribution in [3.8, 4) is 0 Å². The molecule has 0 aromatic carbocycles. The zero-order chi connectivity index (χ0) is 18.6. The van der Waals surface area contributed by atoms with E-state index in [1.165, 1.54) is 5.56 Å². The van der Waals surface area contributed by atoms with Gasteiger partial charge >= 0.3 is 0 Å². The molecule has 0 radical (unpaired) electrons. The molecule has 2 fully saturated rings. The summed E-state index contributed by atoms with van der Waals surface area (Å²) in [5.74, 6) is 0.883. The van der Waals surface area contributed by atoms with Crippen LogP contribution in [0.5, 0.6) is 0 Å². The molecule has 2 aromatic rings. The number of carbonyl (C=O) groups is 1. The van der Waals surface area contributed by atoms with Gasteiger partial charge in [-0.05, 0) is 36.2 Å². The van der Waals surface area contributed by atoms with E-state index in [0.29, 0.717) is 45.0 Å². The minimum absolute atomic E-state index is 0.00929. The summed E-state index contributed by atoms with van der Waals surface area (Å²) >= 11 is 0. The summed E-state index contributed by atoms with van der Waals surface area (Å²) in [6.07, 6.45) is 5.60. The molecular formula is C20H24N4O3. The summed E-state index contributed by atoms with van der Waals surface area (Å²) in [5, 5.41) is 10.5. The van der Waals surface area contributed by atoms with Gasteiger partial charge in [0.15, 0.2) is 0 Å². The van der Waals surface area contributed by atoms with E-state index in [4.69, 9.17) is 4.74 Å². The fourth-order valence-electron chi connectivity index (χ4n) is 3.74. The number of aliphatic hydroxyl groups is 1. The molecule has 2 atom stereocenters. The lowest BCUT2D eigenvalue weighted by Gasteiger charge is -2.27. The number of β-amino-alcohol motifs (C(OH)–C–C–N with tert-alkyl or cyclic N) is 1. The first-order chi connectivity index (χ1) is 13.2. The van der Waals surface area contributed by atoms with Gasteiger partial charge in [-0.1, -0.05) is 0 Å². The second-order valence-corrected chi connectivity index (χ2v) is 7.10. The molecule has 0 unspecified atom stereocenters. The number of morpholine rings is 1. The van der Waals surface area contributed by atoms with Crippen LogP contribution >= 0.6 is 0 Å². The van der Waals surface area contributed by atoms with E-state index in [0.717, 1.165) is 12.2 Å². The van der Waals surface area contributed by atoms with Crippen LogP contribution in [0.25, 0.3) is 0 Å². The van der Waals surface area contributed by atoms with Crippen LogP contribution in [0.15, 0.2) is 42.9 Å². The van der Waals surface area contributed by atoms with Crippen molar-refractivity contribution >= 4 is 11.7 Å². The van der Waals surface area contributed by atoms with Crippen LogP contribution < -0.4 is 4.90 Å². The summed E-state index contributed by atoms with van der Waals surface area (Å²) in [6, 6.07) is 7.55. The average Bonchev–Trinajstić information content (AvgIpc) is 3.09. The first-order valence-electron chi connectivity index (χ1n) is 9.36. The van der Waals surface area contributed by atoms with Gasteiger partial charge in [0.2, 0.25) is 0 Å². The van der Waals surface area contributed by atoms with Crippen molar-refractivity contribution in [2.75, 3.05) is 44.3 Å². The Hall–Kier alpha value is -2.51. The van der Waals surface area contributed by atoms with Gasteiger partial charge in [-0.3, -0.25) is 9.78 Å². The Morgan fingerprint density at radius 1 is 1.15 bits per heavy atom. The van der Waals surface area contributed by atoms with Crippen LogP contribution in [-0.2, 0) is 11.2 Å². The van der Waals surface area contributed by atoms with Gasteiger partial charge in [0, 0.05) is 56.3 Å². The highest BCUT2D eigenvalue weighted by Gasteiger charge is 2.32. The van der Waals surface area contributed by atoms with Crippen molar-refractivity contribution in [3.63, 3.8) is 0 Å². The molecule has 1 amide bonds. The first kappa shape index (κ1) is 17.9. The number of ether oxygens (including phenoxy) is 1. The highest BCUT2D eigenvalue weighted by Crippen LogP contribution is 2.26. The Bertz CT molecular complexity index is 780. The molecule has 4 rings (SSSR count). The molecule has 142 valence electrons. The van der Waals surface area contributed by atoms with Crippen LogP contribution in [0.2, 0.25) is 0 Å². The van der Waals surface area contributed by atoms with E-state index in [1.807, 2.05) is 23.1 Å². The van der Waals surface area contributed by atoms with E-state index < -0.39 is 6.10 Å². The molecule has 7 heteroatoms.